The van der Waals surface area contributed by atoms with Gasteiger partial charge in [-0.25, -0.2) is 5.43 Å². The second-order valence-electron chi connectivity index (χ2n) is 7.19. The number of carbonyl (C=O) groups is 3. The van der Waals surface area contributed by atoms with Crippen LogP contribution in [-0.4, -0.2) is 30.5 Å². The molecular formula is C25H23BrN4O4. The molecule has 0 aliphatic rings. The van der Waals surface area contributed by atoms with Crippen LogP contribution in [0.4, 0.5) is 5.69 Å². The van der Waals surface area contributed by atoms with E-state index in [-0.39, 0.29) is 18.6 Å². The Balaban J connectivity index is 1.42. The molecule has 1 atom stereocenters. The number of amides is 3. The number of nitrogens with zero attached hydrogens (tertiary/aromatic N) is 1. The predicted molar refractivity (Wildman–Crippen MR) is 133 cm³/mol. The van der Waals surface area contributed by atoms with Crippen molar-refractivity contribution in [2.75, 3.05) is 11.9 Å². The SMILES string of the molecule is CC(NC(=O)COc1ccc(/C=N\NC(=O)C(=O)Nc2ccccc2Br)cc1)c1ccccc1. The number of ether oxygens (including phenoxy) is 1. The topological polar surface area (TPSA) is 109 Å². The second-order valence-corrected chi connectivity index (χ2v) is 8.05. The number of nitrogens with one attached hydrogen (secondary N) is 3. The van der Waals surface area contributed by atoms with Crippen LogP contribution < -0.4 is 20.8 Å². The highest BCUT2D eigenvalue weighted by molar-refractivity contribution is 9.10. The minimum Gasteiger partial charge on any atom is -0.484 e. The molecular weight excluding hydrogens is 500 g/mol. The average molecular weight is 523 g/mol. The van der Waals surface area contributed by atoms with E-state index in [1.807, 2.05) is 37.3 Å². The first-order chi connectivity index (χ1) is 16.4. The third kappa shape index (κ3) is 7.56. The van der Waals surface area contributed by atoms with Crippen LogP contribution in [0.25, 0.3) is 0 Å². The van der Waals surface area contributed by atoms with Crippen LogP contribution in [0.1, 0.15) is 24.1 Å². The van der Waals surface area contributed by atoms with Crippen LogP contribution in [-0.2, 0) is 14.4 Å². The highest BCUT2D eigenvalue weighted by atomic mass is 79.9. The maximum atomic E-state index is 12.1. The van der Waals surface area contributed by atoms with Crippen LogP contribution in [0.3, 0.4) is 0 Å². The van der Waals surface area contributed by atoms with Gasteiger partial charge in [-0.3, -0.25) is 14.4 Å². The molecule has 0 aliphatic heterocycles. The number of hydrazone groups is 1. The Hall–Kier alpha value is -3.98. The summed E-state index contributed by atoms with van der Waals surface area (Å²) in [6, 6.07) is 23.2. The van der Waals surface area contributed by atoms with E-state index in [1.165, 1.54) is 6.21 Å². The van der Waals surface area contributed by atoms with Crippen LogP contribution in [0.15, 0.2) is 88.4 Å². The van der Waals surface area contributed by atoms with E-state index < -0.39 is 11.8 Å². The summed E-state index contributed by atoms with van der Waals surface area (Å²) in [4.78, 5) is 36.0. The minimum absolute atomic E-state index is 0.118. The van der Waals surface area contributed by atoms with E-state index in [0.717, 1.165) is 5.56 Å². The molecule has 0 heterocycles. The number of para-hydroxylation sites is 1. The van der Waals surface area contributed by atoms with Gasteiger partial charge < -0.3 is 15.4 Å². The molecule has 3 aromatic rings. The van der Waals surface area contributed by atoms with Crippen LogP contribution in [0, 0.1) is 0 Å². The molecule has 34 heavy (non-hydrogen) atoms. The quantitative estimate of drug-likeness (QED) is 0.237. The van der Waals surface area contributed by atoms with Crippen molar-refractivity contribution in [1.82, 2.24) is 10.7 Å². The van der Waals surface area contributed by atoms with Gasteiger partial charge in [0.15, 0.2) is 6.61 Å². The third-order valence-corrected chi connectivity index (χ3v) is 5.33. The molecule has 8 nitrogen and oxygen atoms in total. The van der Waals surface area contributed by atoms with E-state index in [2.05, 4.69) is 37.1 Å². The fourth-order valence-electron chi connectivity index (χ4n) is 2.87. The molecule has 0 aromatic heterocycles. The number of hydrogen-bond acceptors (Lipinski definition) is 5. The highest BCUT2D eigenvalue weighted by Gasteiger charge is 2.14. The molecule has 0 aliphatic carbocycles. The normalized spacial score (nSPS) is 11.5. The minimum atomic E-state index is -0.900. The van der Waals surface area contributed by atoms with Crippen molar-refractivity contribution < 1.29 is 19.1 Å². The van der Waals surface area contributed by atoms with E-state index in [4.69, 9.17) is 4.74 Å². The molecule has 1 unspecified atom stereocenters. The van der Waals surface area contributed by atoms with Gasteiger partial charge >= 0.3 is 11.8 Å². The fraction of sp³-hybridized carbons (Fsp3) is 0.120. The van der Waals surface area contributed by atoms with Gasteiger partial charge in [0.1, 0.15) is 5.75 Å². The molecule has 0 bridgehead atoms. The largest absolute Gasteiger partial charge is 0.484 e. The summed E-state index contributed by atoms with van der Waals surface area (Å²) in [5.41, 5.74) is 4.33. The Morgan fingerprint density at radius 3 is 2.32 bits per heavy atom. The molecule has 0 radical (unpaired) electrons. The molecule has 0 spiro atoms. The molecule has 0 saturated heterocycles. The summed E-state index contributed by atoms with van der Waals surface area (Å²) in [7, 11) is 0. The molecule has 3 aromatic carbocycles. The van der Waals surface area contributed by atoms with Crippen molar-refractivity contribution in [3.63, 3.8) is 0 Å². The number of carbonyl (C=O) groups excluding carboxylic acids is 3. The lowest BCUT2D eigenvalue weighted by Crippen LogP contribution is -2.32. The Labute approximate surface area is 205 Å². The molecule has 3 amide bonds. The van der Waals surface area contributed by atoms with E-state index in [1.54, 1.807) is 48.5 Å². The molecule has 0 saturated carbocycles. The van der Waals surface area contributed by atoms with Crippen molar-refractivity contribution in [2.45, 2.75) is 13.0 Å². The van der Waals surface area contributed by atoms with Crippen LogP contribution in [0.2, 0.25) is 0 Å². The predicted octanol–water partition coefficient (Wildman–Crippen LogP) is 3.79. The lowest BCUT2D eigenvalue weighted by molar-refractivity contribution is -0.136. The summed E-state index contributed by atoms with van der Waals surface area (Å²) in [6.45, 7) is 1.79. The summed E-state index contributed by atoms with van der Waals surface area (Å²) in [5, 5.41) is 9.16. The lowest BCUT2D eigenvalue weighted by Gasteiger charge is -2.14. The van der Waals surface area contributed by atoms with Crippen molar-refractivity contribution in [3.8, 4) is 5.75 Å². The highest BCUT2D eigenvalue weighted by Crippen LogP contribution is 2.20. The first kappa shape index (κ1) is 24.7. The fourth-order valence-corrected chi connectivity index (χ4v) is 3.25. The maximum absolute atomic E-state index is 12.1. The van der Waals surface area contributed by atoms with Crippen molar-refractivity contribution in [3.05, 3.63) is 94.5 Å². The maximum Gasteiger partial charge on any atom is 0.329 e. The summed E-state index contributed by atoms with van der Waals surface area (Å²) < 4.78 is 6.17. The summed E-state index contributed by atoms with van der Waals surface area (Å²) in [6.07, 6.45) is 1.39. The molecule has 0 fully saturated rings. The number of benzene rings is 3. The first-order valence-corrected chi connectivity index (χ1v) is 11.2. The first-order valence-electron chi connectivity index (χ1n) is 10.4. The third-order valence-electron chi connectivity index (χ3n) is 4.64. The monoisotopic (exact) mass is 522 g/mol. The van der Waals surface area contributed by atoms with Gasteiger partial charge in [-0.2, -0.15) is 5.10 Å². The van der Waals surface area contributed by atoms with Gasteiger partial charge in [0.25, 0.3) is 5.91 Å². The summed E-state index contributed by atoms with van der Waals surface area (Å²) in [5.74, 6) is -1.46. The Bertz CT molecular complexity index is 1170. The smallest absolute Gasteiger partial charge is 0.329 e. The van der Waals surface area contributed by atoms with Crippen LogP contribution >= 0.6 is 15.9 Å². The standard InChI is InChI=1S/C25H23BrN4O4/c1-17(19-7-3-2-4-8-19)28-23(31)16-34-20-13-11-18(12-14-20)15-27-30-25(33)24(32)29-22-10-6-5-9-21(22)26/h2-15,17H,16H2,1H3,(H,28,31)(H,29,32)(H,30,33)/b27-15-. The molecule has 174 valence electrons. The van der Waals surface area contributed by atoms with Crippen LogP contribution in [0.5, 0.6) is 5.75 Å². The van der Waals surface area contributed by atoms with E-state index in [9.17, 15) is 14.4 Å². The second kappa shape index (κ2) is 12.3. The van der Waals surface area contributed by atoms with Gasteiger partial charge in [-0.05, 0) is 70.4 Å². The van der Waals surface area contributed by atoms with E-state index >= 15 is 0 Å². The number of anilines is 1. The van der Waals surface area contributed by atoms with E-state index in [0.29, 0.717) is 21.5 Å². The number of rotatable bonds is 8. The Morgan fingerprint density at radius 1 is 0.941 bits per heavy atom. The Morgan fingerprint density at radius 2 is 1.62 bits per heavy atom. The number of halogens is 1. The van der Waals surface area contributed by atoms with Gasteiger partial charge in [0, 0.05) is 4.47 Å². The van der Waals surface area contributed by atoms with Gasteiger partial charge in [-0.1, -0.05) is 42.5 Å². The lowest BCUT2D eigenvalue weighted by atomic mass is 10.1. The molecule has 3 N–H and O–H groups in total. The zero-order valence-corrected chi connectivity index (χ0v) is 19.9. The average Bonchev–Trinajstić information content (AvgIpc) is 2.85. The van der Waals surface area contributed by atoms with Gasteiger partial charge in [0.05, 0.1) is 17.9 Å². The van der Waals surface area contributed by atoms with Crippen molar-refractivity contribution >= 4 is 45.6 Å². The molecule has 9 heteroatoms. The van der Waals surface area contributed by atoms with Gasteiger partial charge in [-0.15, -0.1) is 0 Å². The van der Waals surface area contributed by atoms with Crippen molar-refractivity contribution in [2.24, 2.45) is 5.10 Å². The molecule has 3 rings (SSSR count). The zero-order chi connectivity index (χ0) is 24.3. The zero-order valence-electron chi connectivity index (χ0n) is 18.3. The summed E-state index contributed by atoms with van der Waals surface area (Å²) >= 11 is 3.29. The van der Waals surface area contributed by atoms with Crippen molar-refractivity contribution in [1.29, 1.82) is 0 Å². The Kier molecular flexibility index (Phi) is 8.93. The van der Waals surface area contributed by atoms with Gasteiger partial charge in [0.2, 0.25) is 0 Å². The number of hydrogen-bond donors (Lipinski definition) is 3.